The molecule has 2 aliphatic rings. The highest BCUT2D eigenvalue weighted by molar-refractivity contribution is 5.74. The van der Waals surface area contributed by atoms with Crippen LogP contribution in [0.25, 0.3) is 0 Å². The molecule has 92 valence electrons. The third-order valence-electron chi connectivity index (χ3n) is 4.12. The third-order valence-corrected chi connectivity index (χ3v) is 4.12. The Labute approximate surface area is 92.1 Å². The van der Waals surface area contributed by atoms with Crippen molar-refractivity contribution >= 4 is 5.97 Å². The van der Waals surface area contributed by atoms with E-state index in [9.17, 15) is 18.0 Å². The van der Waals surface area contributed by atoms with Gasteiger partial charge in [-0.15, -0.1) is 0 Å². The van der Waals surface area contributed by atoms with Crippen molar-refractivity contribution < 1.29 is 22.7 Å². The Kier molecular flexibility index (Phi) is 2.48. The van der Waals surface area contributed by atoms with Crippen LogP contribution in [-0.4, -0.2) is 18.2 Å². The van der Waals surface area contributed by atoms with Crippen molar-refractivity contribution in [2.45, 2.75) is 45.4 Å². The summed E-state index contributed by atoms with van der Waals surface area (Å²) in [6.45, 7) is 2.96. The van der Waals surface area contributed by atoms with Crippen LogP contribution in [0.15, 0.2) is 0 Å². The molecule has 0 radical (unpaired) electrons. The summed E-state index contributed by atoms with van der Waals surface area (Å²) in [6, 6.07) is 0. The number of hydrogen-bond donors (Lipinski definition) is 0. The maximum Gasteiger partial charge on any atom is 0.394 e. The molecule has 2 rings (SSSR count). The molecule has 0 aromatic carbocycles. The molecule has 16 heavy (non-hydrogen) atoms. The molecule has 4 unspecified atom stereocenters. The Morgan fingerprint density at radius 2 is 2.06 bits per heavy atom. The first-order valence-electron chi connectivity index (χ1n) is 5.52. The van der Waals surface area contributed by atoms with E-state index in [4.69, 9.17) is 4.74 Å². The topological polar surface area (TPSA) is 26.3 Å². The summed E-state index contributed by atoms with van der Waals surface area (Å²) in [5.74, 6) is -0.618. The van der Waals surface area contributed by atoms with Crippen LogP contribution in [0, 0.1) is 17.3 Å². The van der Waals surface area contributed by atoms with Crippen molar-refractivity contribution in [3.8, 4) is 0 Å². The average Bonchev–Trinajstić information content (AvgIpc) is 2.40. The predicted octanol–water partition coefficient (Wildman–Crippen LogP) is 2.92. The maximum atomic E-state index is 12.8. The van der Waals surface area contributed by atoms with E-state index >= 15 is 0 Å². The van der Waals surface area contributed by atoms with Gasteiger partial charge in [0.05, 0.1) is 11.3 Å². The van der Waals surface area contributed by atoms with E-state index in [0.29, 0.717) is 6.42 Å². The lowest BCUT2D eigenvalue weighted by Crippen LogP contribution is -2.44. The van der Waals surface area contributed by atoms with E-state index < -0.39 is 17.7 Å². The second kappa shape index (κ2) is 3.37. The van der Waals surface area contributed by atoms with Gasteiger partial charge in [0.25, 0.3) is 0 Å². The number of carbonyl (C=O) groups is 1. The molecule has 0 spiro atoms. The molecule has 1 aliphatic carbocycles. The number of fused-ring (bicyclic) bond motifs is 1. The lowest BCUT2D eigenvalue weighted by atomic mass is 9.68. The van der Waals surface area contributed by atoms with Crippen LogP contribution in [0.2, 0.25) is 0 Å². The fraction of sp³-hybridized carbons (Fsp3) is 0.909. The van der Waals surface area contributed by atoms with Crippen molar-refractivity contribution in [3.63, 3.8) is 0 Å². The quantitative estimate of drug-likeness (QED) is 0.604. The summed E-state index contributed by atoms with van der Waals surface area (Å²) in [5, 5.41) is 0. The minimum Gasteiger partial charge on any atom is -0.462 e. The number of alkyl halides is 3. The normalized spacial score (nSPS) is 44.1. The zero-order chi connectivity index (χ0) is 12.1. The van der Waals surface area contributed by atoms with Crippen LogP contribution in [0.5, 0.6) is 0 Å². The molecule has 1 aliphatic heterocycles. The summed E-state index contributed by atoms with van der Waals surface area (Å²) in [4.78, 5) is 11.3. The Hall–Kier alpha value is -0.740. The molecular weight excluding hydrogens is 221 g/mol. The lowest BCUT2D eigenvalue weighted by Gasteiger charge is -2.40. The molecule has 4 atom stereocenters. The van der Waals surface area contributed by atoms with E-state index in [1.165, 1.54) is 6.92 Å². The summed E-state index contributed by atoms with van der Waals surface area (Å²) >= 11 is 0. The Bertz CT molecular complexity index is 313. The first kappa shape index (κ1) is 11.7. The monoisotopic (exact) mass is 236 g/mol. The smallest absolute Gasteiger partial charge is 0.394 e. The highest BCUT2D eigenvalue weighted by Gasteiger charge is 2.58. The minimum atomic E-state index is -4.21. The fourth-order valence-electron chi connectivity index (χ4n) is 2.76. The van der Waals surface area contributed by atoms with Gasteiger partial charge in [-0.3, -0.25) is 4.79 Å². The largest absolute Gasteiger partial charge is 0.462 e. The highest BCUT2D eigenvalue weighted by atomic mass is 19.4. The number of carbonyl (C=O) groups excluding carboxylic acids is 1. The molecule has 0 N–H and O–H groups in total. The molecule has 2 fully saturated rings. The van der Waals surface area contributed by atoms with Gasteiger partial charge in [-0.1, -0.05) is 13.8 Å². The van der Waals surface area contributed by atoms with Crippen molar-refractivity contribution in [3.05, 3.63) is 0 Å². The Balaban J connectivity index is 2.16. The molecule has 1 saturated carbocycles. The van der Waals surface area contributed by atoms with Crippen LogP contribution >= 0.6 is 0 Å². The molecule has 0 amide bonds. The number of ether oxygens (including phenoxy) is 1. The van der Waals surface area contributed by atoms with Crippen molar-refractivity contribution in [2.75, 3.05) is 0 Å². The van der Waals surface area contributed by atoms with Crippen LogP contribution in [0.3, 0.4) is 0 Å². The standard InChI is InChI=1S/C11H15F3O2/c1-6-7-3-4-10(2,11(12,13)14)5-8(7)16-9(6)15/h6-8H,3-5H2,1-2H3. The van der Waals surface area contributed by atoms with Gasteiger partial charge in [-0.2, -0.15) is 13.2 Å². The number of rotatable bonds is 0. The van der Waals surface area contributed by atoms with Crippen molar-refractivity contribution in [1.82, 2.24) is 0 Å². The van der Waals surface area contributed by atoms with Gasteiger partial charge in [-0.25, -0.2) is 0 Å². The summed E-state index contributed by atoms with van der Waals surface area (Å²) < 4.78 is 43.5. The minimum absolute atomic E-state index is 0.0251. The zero-order valence-corrected chi connectivity index (χ0v) is 9.30. The van der Waals surface area contributed by atoms with Gasteiger partial charge >= 0.3 is 12.1 Å². The second-order valence-corrected chi connectivity index (χ2v) is 5.23. The third kappa shape index (κ3) is 1.60. The van der Waals surface area contributed by atoms with Gasteiger partial charge < -0.3 is 4.74 Å². The van der Waals surface area contributed by atoms with E-state index in [1.807, 2.05) is 0 Å². The molecule has 0 aromatic rings. The first-order valence-corrected chi connectivity index (χ1v) is 5.52. The zero-order valence-electron chi connectivity index (χ0n) is 9.30. The van der Waals surface area contributed by atoms with E-state index in [0.717, 1.165) is 0 Å². The van der Waals surface area contributed by atoms with Crippen molar-refractivity contribution in [1.29, 1.82) is 0 Å². The molecular formula is C11H15F3O2. The van der Waals surface area contributed by atoms with Gasteiger partial charge in [0.15, 0.2) is 0 Å². The van der Waals surface area contributed by atoms with Gasteiger partial charge in [0, 0.05) is 5.92 Å². The molecule has 0 aromatic heterocycles. The fourth-order valence-corrected chi connectivity index (χ4v) is 2.76. The lowest BCUT2D eigenvalue weighted by molar-refractivity contribution is -0.238. The second-order valence-electron chi connectivity index (χ2n) is 5.23. The summed E-state index contributed by atoms with van der Waals surface area (Å²) in [5.41, 5.74) is -1.70. The SMILES string of the molecule is CC1C(=O)OC2CC(C)(C(F)(F)F)CCC21. The van der Waals surface area contributed by atoms with Crippen molar-refractivity contribution in [2.24, 2.45) is 17.3 Å². The van der Waals surface area contributed by atoms with Gasteiger partial charge in [-0.05, 0) is 19.3 Å². The molecule has 2 nitrogen and oxygen atoms in total. The first-order chi connectivity index (χ1) is 7.24. The van der Waals surface area contributed by atoms with Crippen LogP contribution in [0.4, 0.5) is 13.2 Å². The van der Waals surface area contributed by atoms with Crippen LogP contribution < -0.4 is 0 Å². The highest BCUT2D eigenvalue weighted by Crippen LogP contribution is 2.53. The summed E-state index contributed by atoms with van der Waals surface area (Å²) in [6.07, 6.45) is -4.32. The Morgan fingerprint density at radius 3 is 2.62 bits per heavy atom. The van der Waals surface area contributed by atoms with E-state index in [-0.39, 0.29) is 30.6 Å². The summed E-state index contributed by atoms with van der Waals surface area (Å²) in [7, 11) is 0. The number of esters is 1. The van der Waals surface area contributed by atoms with Gasteiger partial charge in [0.2, 0.25) is 0 Å². The van der Waals surface area contributed by atoms with E-state index in [2.05, 4.69) is 0 Å². The van der Waals surface area contributed by atoms with Crippen LogP contribution in [-0.2, 0) is 9.53 Å². The van der Waals surface area contributed by atoms with Gasteiger partial charge in [0.1, 0.15) is 6.10 Å². The number of halogens is 3. The molecule has 0 bridgehead atoms. The molecule has 1 saturated heterocycles. The predicted molar refractivity (Wildman–Crippen MR) is 50.5 cm³/mol. The van der Waals surface area contributed by atoms with Crippen LogP contribution in [0.1, 0.15) is 33.1 Å². The Morgan fingerprint density at radius 1 is 1.44 bits per heavy atom. The maximum absolute atomic E-state index is 12.8. The molecule has 5 heteroatoms. The molecule has 1 heterocycles. The van der Waals surface area contributed by atoms with E-state index in [1.54, 1.807) is 6.92 Å². The average molecular weight is 236 g/mol. The number of hydrogen-bond acceptors (Lipinski definition) is 2.